The Kier molecular flexibility index (Phi) is 4.87. The topological polar surface area (TPSA) is 33.5 Å². The first-order valence-electron chi connectivity index (χ1n) is 9.73. The zero-order valence-electron chi connectivity index (χ0n) is 16.9. The molecule has 0 saturated heterocycles. The minimum Gasteiger partial charge on any atom is -0.465 e. The summed E-state index contributed by atoms with van der Waals surface area (Å²) in [5.74, 6) is 0.601. The second-order valence-electron chi connectivity index (χ2n) is 8.37. The number of nitrogens with zero attached hydrogens (tertiary/aromatic N) is 1. The summed E-state index contributed by atoms with van der Waals surface area (Å²) in [6.45, 7) is 6.49. The second kappa shape index (κ2) is 7.23. The number of benzene rings is 2. The zero-order valence-corrected chi connectivity index (χ0v) is 17.6. The van der Waals surface area contributed by atoms with Crippen molar-refractivity contribution in [3.63, 3.8) is 0 Å². The van der Waals surface area contributed by atoms with Crippen molar-refractivity contribution < 1.29 is 9.21 Å². The Labute approximate surface area is 176 Å². The number of furan rings is 1. The van der Waals surface area contributed by atoms with Crippen LogP contribution in [0.3, 0.4) is 0 Å². The highest BCUT2D eigenvalue weighted by Crippen LogP contribution is 2.50. The summed E-state index contributed by atoms with van der Waals surface area (Å²) in [7, 11) is 0. The minimum atomic E-state index is -0.382. The van der Waals surface area contributed by atoms with E-state index < -0.39 is 0 Å². The Morgan fingerprint density at radius 3 is 2.45 bits per heavy atom. The lowest BCUT2D eigenvalue weighted by atomic mass is 9.65. The van der Waals surface area contributed by atoms with Crippen molar-refractivity contribution in [3.05, 3.63) is 94.9 Å². The molecule has 0 N–H and O–H groups in total. The molecule has 1 aliphatic rings. The maximum Gasteiger partial charge on any atom is 0.251 e. The first-order valence-corrected chi connectivity index (χ1v) is 10.1. The van der Waals surface area contributed by atoms with Gasteiger partial charge < -0.3 is 9.32 Å². The molecular formula is C25H24ClNO2. The first kappa shape index (κ1) is 19.5. The number of anilines is 1. The number of rotatable bonds is 3. The van der Waals surface area contributed by atoms with Crippen molar-refractivity contribution in [1.82, 2.24) is 0 Å². The van der Waals surface area contributed by atoms with Gasteiger partial charge in [-0.15, -0.1) is 0 Å². The number of halogens is 1. The van der Waals surface area contributed by atoms with Gasteiger partial charge in [0.15, 0.2) is 0 Å². The van der Waals surface area contributed by atoms with Gasteiger partial charge in [0.1, 0.15) is 5.76 Å². The van der Waals surface area contributed by atoms with Crippen LogP contribution in [0.1, 0.15) is 44.1 Å². The van der Waals surface area contributed by atoms with Crippen LogP contribution >= 0.6 is 11.6 Å². The van der Waals surface area contributed by atoms with Gasteiger partial charge in [-0.3, -0.25) is 4.79 Å². The van der Waals surface area contributed by atoms with Gasteiger partial charge in [-0.2, -0.15) is 0 Å². The van der Waals surface area contributed by atoms with Crippen LogP contribution in [0.4, 0.5) is 5.69 Å². The first-order chi connectivity index (χ1) is 13.8. The number of para-hydroxylation sites is 1. The predicted octanol–water partition coefficient (Wildman–Crippen LogP) is 6.47. The molecule has 0 bridgehead atoms. The molecule has 4 rings (SSSR count). The van der Waals surface area contributed by atoms with Crippen molar-refractivity contribution in [2.75, 3.05) is 4.90 Å². The number of hydrogen-bond donors (Lipinski definition) is 0. The van der Waals surface area contributed by atoms with Crippen LogP contribution in [-0.2, 0) is 10.2 Å². The minimum absolute atomic E-state index is 0.0583. The third-order valence-electron chi connectivity index (χ3n) is 5.77. The third-order valence-corrected chi connectivity index (χ3v) is 6.02. The van der Waals surface area contributed by atoms with Gasteiger partial charge in [0, 0.05) is 27.7 Å². The molecule has 29 heavy (non-hydrogen) atoms. The summed E-state index contributed by atoms with van der Waals surface area (Å²) >= 11 is 6.13. The molecule has 0 aliphatic carbocycles. The quantitative estimate of drug-likeness (QED) is 0.468. The maximum atomic E-state index is 13.2. The summed E-state index contributed by atoms with van der Waals surface area (Å²) in [4.78, 5) is 15.1. The normalized spacial score (nSPS) is 20.6. The molecule has 1 atom stereocenters. The standard InChI is InChI=1S/C25H24ClNO2/c1-24(2)17-25(3,18-10-12-19(26)13-11-18)21-8-4-5-9-22(21)27(24)23(28)15-14-20-7-6-16-29-20/h4-16H,17H2,1-3H3/b15-14+/t25-/m1/s1. The maximum absolute atomic E-state index is 13.2. The van der Waals surface area contributed by atoms with Crippen LogP contribution in [0.5, 0.6) is 0 Å². The molecule has 1 aromatic heterocycles. The summed E-state index contributed by atoms with van der Waals surface area (Å²) in [5.41, 5.74) is 2.66. The van der Waals surface area contributed by atoms with Crippen LogP contribution in [0.15, 0.2) is 77.4 Å². The monoisotopic (exact) mass is 405 g/mol. The molecule has 0 fully saturated rings. The average molecular weight is 406 g/mol. The molecule has 148 valence electrons. The Hall–Kier alpha value is -2.78. The highest BCUT2D eigenvalue weighted by Gasteiger charge is 2.47. The van der Waals surface area contributed by atoms with Crippen LogP contribution in [0.2, 0.25) is 5.02 Å². The van der Waals surface area contributed by atoms with E-state index in [-0.39, 0.29) is 16.9 Å². The SMILES string of the molecule is CC1(C)C[C@](C)(c2ccc(Cl)cc2)c2ccccc2N1C(=O)/C=C/c1ccco1. The van der Waals surface area contributed by atoms with Crippen molar-refractivity contribution in [1.29, 1.82) is 0 Å². The highest BCUT2D eigenvalue weighted by molar-refractivity contribution is 6.30. The number of carbonyl (C=O) groups excluding carboxylic acids is 1. The number of carbonyl (C=O) groups is 1. The van der Waals surface area contributed by atoms with Gasteiger partial charge in [0.2, 0.25) is 0 Å². The van der Waals surface area contributed by atoms with E-state index in [1.165, 1.54) is 5.56 Å². The smallest absolute Gasteiger partial charge is 0.251 e. The number of hydrogen-bond acceptors (Lipinski definition) is 2. The van der Waals surface area contributed by atoms with E-state index in [4.69, 9.17) is 16.0 Å². The third kappa shape index (κ3) is 3.51. The molecule has 0 unspecified atom stereocenters. The van der Waals surface area contributed by atoms with Crippen LogP contribution in [-0.4, -0.2) is 11.4 Å². The Bertz CT molecular complexity index is 1050. The Morgan fingerprint density at radius 1 is 1.03 bits per heavy atom. The summed E-state index contributed by atoms with van der Waals surface area (Å²) in [6.07, 6.45) is 5.69. The molecule has 0 spiro atoms. The number of fused-ring (bicyclic) bond motifs is 1. The van der Waals surface area contributed by atoms with Gasteiger partial charge in [-0.25, -0.2) is 0 Å². The Morgan fingerprint density at radius 2 is 1.76 bits per heavy atom. The van der Waals surface area contributed by atoms with E-state index in [1.54, 1.807) is 18.4 Å². The van der Waals surface area contributed by atoms with Crippen molar-refractivity contribution in [3.8, 4) is 0 Å². The van der Waals surface area contributed by atoms with E-state index in [0.717, 1.165) is 22.7 Å². The Balaban J connectivity index is 1.80. The lowest BCUT2D eigenvalue weighted by molar-refractivity contribution is -0.115. The molecule has 3 aromatic rings. The van der Waals surface area contributed by atoms with E-state index in [0.29, 0.717) is 5.76 Å². The fraction of sp³-hybridized carbons (Fsp3) is 0.240. The fourth-order valence-corrected chi connectivity index (χ4v) is 4.73. The van der Waals surface area contributed by atoms with Gasteiger partial charge in [0.25, 0.3) is 5.91 Å². The van der Waals surface area contributed by atoms with Crippen molar-refractivity contribution in [2.24, 2.45) is 0 Å². The molecule has 3 nitrogen and oxygen atoms in total. The summed E-state index contributed by atoms with van der Waals surface area (Å²) in [6, 6.07) is 19.8. The molecule has 0 radical (unpaired) electrons. The summed E-state index contributed by atoms with van der Waals surface area (Å²) < 4.78 is 5.32. The van der Waals surface area contributed by atoms with E-state index in [2.05, 4.69) is 39.0 Å². The largest absolute Gasteiger partial charge is 0.465 e. The molecule has 0 saturated carbocycles. The van der Waals surface area contributed by atoms with Gasteiger partial charge in [-0.1, -0.05) is 48.9 Å². The number of amides is 1. The average Bonchev–Trinajstić information content (AvgIpc) is 3.20. The van der Waals surface area contributed by atoms with Crippen molar-refractivity contribution in [2.45, 2.75) is 38.1 Å². The van der Waals surface area contributed by atoms with Gasteiger partial charge in [-0.05, 0) is 67.8 Å². The van der Waals surface area contributed by atoms with E-state index >= 15 is 0 Å². The molecule has 2 aromatic carbocycles. The van der Waals surface area contributed by atoms with E-state index in [1.807, 2.05) is 47.4 Å². The molecule has 4 heteroatoms. The zero-order chi connectivity index (χ0) is 20.6. The molecule has 1 amide bonds. The predicted molar refractivity (Wildman–Crippen MR) is 118 cm³/mol. The lowest BCUT2D eigenvalue weighted by Gasteiger charge is -2.51. The molecular weight excluding hydrogens is 382 g/mol. The van der Waals surface area contributed by atoms with Gasteiger partial charge in [0.05, 0.1) is 6.26 Å². The van der Waals surface area contributed by atoms with Crippen molar-refractivity contribution >= 4 is 29.3 Å². The van der Waals surface area contributed by atoms with Gasteiger partial charge >= 0.3 is 0 Å². The second-order valence-corrected chi connectivity index (χ2v) is 8.80. The highest BCUT2D eigenvalue weighted by atomic mass is 35.5. The van der Waals surface area contributed by atoms with Crippen LogP contribution in [0, 0.1) is 0 Å². The van der Waals surface area contributed by atoms with Crippen LogP contribution in [0.25, 0.3) is 6.08 Å². The molecule has 1 aliphatic heterocycles. The molecule has 2 heterocycles. The lowest BCUT2D eigenvalue weighted by Crippen LogP contribution is -2.55. The fourth-order valence-electron chi connectivity index (χ4n) is 4.61. The van der Waals surface area contributed by atoms with E-state index in [9.17, 15) is 4.79 Å². The summed E-state index contributed by atoms with van der Waals surface area (Å²) in [5, 5.41) is 0.723. The van der Waals surface area contributed by atoms with Crippen LogP contribution < -0.4 is 4.90 Å².